The Morgan fingerprint density at radius 3 is 2.63 bits per heavy atom. The molecule has 0 aromatic heterocycles. The van der Waals surface area contributed by atoms with E-state index in [0.29, 0.717) is 4.47 Å². The number of alkyl halides is 3. The van der Waals surface area contributed by atoms with Crippen molar-refractivity contribution in [2.75, 3.05) is 7.11 Å². The minimum absolute atomic E-state index is 0.0170. The van der Waals surface area contributed by atoms with Gasteiger partial charge in [-0.3, -0.25) is 5.43 Å². The molecule has 0 spiro atoms. The largest absolute Gasteiger partial charge is 0.495 e. The third-order valence-corrected chi connectivity index (χ3v) is 2.74. The number of nitrogens with two attached hydrogens (primary N) is 1. The van der Waals surface area contributed by atoms with E-state index in [4.69, 9.17) is 10.5 Å². The first-order chi connectivity index (χ1) is 8.77. The van der Waals surface area contributed by atoms with Gasteiger partial charge in [-0.25, -0.2) is 0 Å². The molecule has 1 rings (SSSR count). The highest BCUT2D eigenvalue weighted by molar-refractivity contribution is 9.10. The summed E-state index contributed by atoms with van der Waals surface area (Å²) in [5.41, 5.74) is 6.21. The quantitative estimate of drug-likeness (QED) is 0.497. The molecule has 0 saturated carbocycles. The van der Waals surface area contributed by atoms with E-state index in [2.05, 4.69) is 38.7 Å². The van der Waals surface area contributed by atoms with Crippen LogP contribution in [0.4, 0.5) is 13.2 Å². The Kier molecular flexibility index (Phi) is 5.12. The summed E-state index contributed by atoms with van der Waals surface area (Å²) >= 11 is 7.60. The molecule has 0 heterocycles. The minimum Gasteiger partial charge on any atom is -0.495 e. The summed E-state index contributed by atoms with van der Waals surface area (Å²) in [5.74, 6) is 0.0170. The van der Waals surface area contributed by atoms with Crippen LogP contribution >= 0.6 is 28.1 Å². The van der Waals surface area contributed by atoms with Crippen LogP contribution in [0, 0.1) is 0 Å². The van der Waals surface area contributed by atoms with E-state index in [1.165, 1.54) is 13.2 Å². The van der Waals surface area contributed by atoms with Gasteiger partial charge in [0.1, 0.15) is 5.75 Å². The van der Waals surface area contributed by atoms with Crippen molar-refractivity contribution in [2.45, 2.75) is 6.18 Å². The summed E-state index contributed by atoms with van der Waals surface area (Å²) in [6.07, 6.45) is -3.58. The zero-order valence-corrected chi connectivity index (χ0v) is 12.0. The summed E-state index contributed by atoms with van der Waals surface area (Å²) in [5, 5.41) is 3.37. The van der Waals surface area contributed by atoms with Gasteiger partial charge in [0, 0.05) is 5.56 Å². The van der Waals surface area contributed by atoms with E-state index in [9.17, 15) is 13.2 Å². The van der Waals surface area contributed by atoms with Crippen LogP contribution in [-0.4, -0.2) is 18.4 Å². The van der Waals surface area contributed by atoms with E-state index in [1.54, 1.807) is 0 Å². The summed E-state index contributed by atoms with van der Waals surface area (Å²) in [6, 6.07) is 2.18. The standard InChI is InChI=1S/C10H9BrF3N3OS/c1-18-8-5(4-16-17-9(15)19)6(10(12,13)14)2-3-7(8)11/h2-4H,1H3,(H3,15,17,19). The number of hydrogen-bond acceptors (Lipinski definition) is 3. The van der Waals surface area contributed by atoms with Crippen LogP contribution in [0.3, 0.4) is 0 Å². The van der Waals surface area contributed by atoms with E-state index >= 15 is 0 Å². The smallest absolute Gasteiger partial charge is 0.417 e. The Morgan fingerprint density at radius 2 is 2.16 bits per heavy atom. The topological polar surface area (TPSA) is 59.6 Å². The first kappa shape index (κ1) is 15.7. The number of halogens is 4. The molecule has 104 valence electrons. The number of benzene rings is 1. The zero-order chi connectivity index (χ0) is 14.6. The van der Waals surface area contributed by atoms with Gasteiger partial charge >= 0.3 is 6.18 Å². The molecule has 0 amide bonds. The highest BCUT2D eigenvalue weighted by Crippen LogP contribution is 2.38. The van der Waals surface area contributed by atoms with E-state index in [1.807, 2.05) is 0 Å². The van der Waals surface area contributed by atoms with Crippen molar-refractivity contribution < 1.29 is 17.9 Å². The maximum atomic E-state index is 12.9. The second kappa shape index (κ2) is 6.20. The molecule has 0 bridgehead atoms. The lowest BCUT2D eigenvalue weighted by Crippen LogP contribution is -2.24. The van der Waals surface area contributed by atoms with Gasteiger partial charge in [0.15, 0.2) is 5.11 Å². The summed E-state index contributed by atoms with van der Waals surface area (Å²) in [6.45, 7) is 0. The van der Waals surface area contributed by atoms with Crippen LogP contribution in [0.25, 0.3) is 0 Å². The highest BCUT2D eigenvalue weighted by Gasteiger charge is 2.34. The summed E-state index contributed by atoms with van der Waals surface area (Å²) in [4.78, 5) is 0. The maximum absolute atomic E-state index is 12.9. The lowest BCUT2D eigenvalue weighted by Gasteiger charge is -2.14. The Hall–Kier alpha value is -1.35. The number of thiocarbonyl (C=S) groups is 1. The number of hydrogen-bond donors (Lipinski definition) is 2. The average Bonchev–Trinajstić information content (AvgIpc) is 2.27. The number of ether oxygens (including phenoxy) is 1. The molecule has 1 aromatic carbocycles. The molecule has 3 N–H and O–H groups in total. The highest BCUT2D eigenvalue weighted by atomic mass is 79.9. The minimum atomic E-state index is -4.53. The summed E-state index contributed by atoms with van der Waals surface area (Å²) in [7, 11) is 1.26. The third kappa shape index (κ3) is 4.06. The molecule has 1 aromatic rings. The molecule has 4 nitrogen and oxygen atoms in total. The van der Waals surface area contributed by atoms with Crippen molar-refractivity contribution in [1.29, 1.82) is 0 Å². The Bertz CT molecular complexity index is 519. The van der Waals surface area contributed by atoms with Gasteiger partial charge in [0.05, 0.1) is 23.4 Å². The normalized spacial score (nSPS) is 11.6. The molecular weight excluding hydrogens is 347 g/mol. The van der Waals surface area contributed by atoms with Crippen molar-refractivity contribution in [1.82, 2.24) is 5.43 Å². The molecule has 9 heteroatoms. The van der Waals surface area contributed by atoms with E-state index in [-0.39, 0.29) is 16.4 Å². The number of nitrogens with one attached hydrogen (secondary N) is 1. The van der Waals surface area contributed by atoms with Crippen LogP contribution in [-0.2, 0) is 6.18 Å². The van der Waals surface area contributed by atoms with Gasteiger partial charge in [-0.1, -0.05) is 0 Å². The lowest BCUT2D eigenvalue weighted by molar-refractivity contribution is -0.137. The van der Waals surface area contributed by atoms with Gasteiger partial charge in [0.2, 0.25) is 0 Å². The fourth-order valence-corrected chi connectivity index (χ4v) is 1.88. The molecule has 0 unspecified atom stereocenters. The Labute approximate surface area is 120 Å². The van der Waals surface area contributed by atoms with Gasteiger partial charge in [-0.2, -0.15) is 18.3 Å². The van der Waals surface area contributed by atoms with Crippen LogP contribution in [0.1, 0.15) is 11.1 Å². The fourth-order valence-electron chi connectivity index (χ4n) is 1.32. The van der Waals surface area contributed by atoms with Crippen LogP contribution in [0.5, 0.6) is 5.75 Å². The number of methoxy groups -OCH3 is 1. The van der Waals surface area contributed by atoms with Gasteiger partial charge in [-0.05, 0) is 40.3 Å². The SMILES string of the molecule is COc1c(Br)ccc(C(F)(F)F)c1C=NNC(N)=S. The van der Waals surface area contributed by atoms with Crippen LogP contribution < -0.4 is 15.9 Å². The van der Waals surface area contributed by atoms with Crippen molar-refractivity contribution >= 4 is 39.5 Å². The molecule has 0 aliphatic heterocycles. The monoisotopic (exact) mass is 355 g/mol. The van der Waals surface area contributed by atoms with Gasteiger partial charge < -0.3 is 10.5 Å². The third-order valence-electron chi connectivity index (χ3n) is 2.03. The number of rotatable bonds is 3. The van der Waals surface area contributed by atoms with Crippen LogP contribution in [0.15, 0.2) is 21.7 Å². The molecule has 0 atom stereocenters. The predicted molar refractivity (Wildman–Crippen MR) is 73.2 cm³/mol. The number of nitrogens with zero attached hydrogens (tertiary/aromatic N) is 1. The molecule has 0 saturated heterocycles. The van der Waals surface area contributed by atoms with Crippen molar-refractivity contribution in [3.05, 3.63) is 27.7 Å². The number of hydrazone groups is 1. The Balaban J connectivity index is 3.34. The first-order valence-corrected chi connectivity index (χ1v) is 5.99. The second-order valence-electron chi connectivity index (χ2n) is 3.27. The van der Waals surface area contributed by atoms with Crippen molar-refractivity contribution in [2.24, 2.45) is 10.8 Å². The summed E-state index contributed by atoms with van der Waals surface area (Å²) < 4.78 is 44.0. The molecule has 0 fully saturated rings. The zero-order valence-electron chi connectivity index (χ0n) is 9.58. The van der Waals surface area contributed by atoms with Crippen molar-refractivity contribution in [3.8, 4) is 5.75 Å². The van der Waals surface area contributed by atoms with Gasteiger partial charge in [0.25, 0.3) is 0 Å². The molecule has 19 heavy (non-hydrogen) atoms. The van der Waals surface area contributed by atoms with Crippen LogP contribution in [0.2, 0.25) is 0 Å². The van der Waals surface area contributed by atoms with Gasteiger partial charge in [-0.15, -0.1) is 0 Å². The first-order valence-electron chi connectivity index (χ1n) is 4.79. The molecule has 0 aliphatic rings. The Morgan fingerprint density at radius 1 is 1.53 bits per heavy atom. The average molecular weight is 356 g/mol. The van der Waals surface area contributed by atoms with E-state index in [0.717, 1.165) is 12.3 Å². The predicted octanol–water partition coefficient (Wildman–Crippen LogP) is 2.64. The fraction of sp³-hybridized carbons (Fsp3) is 0.200. The van der Waals surface area contributed by atoms with Crippen molar-refractivity contribution in [3.63, 3.8) is 0 Å². The molecule has 0 aliphatic carbocycles. The van der Waals surface area contributed by atoms with E-state index < -0.39 is 11.7 Å². The second-order valence-corrected chi connectivity index (χ2v) is 4.57. The molecule has 0 radical (unpaired) electrons. The lowest BCUT2D eigenvalue weighted by atomic mass is 10.1. The molecular formula is C10H9BrF3N3OS. The maximum Gasteiger partial charge on any atom is 0.417 e.